The second kappa shape index (κ2) is 7.14. The molecular weight excluding hydrogens is 240 g/mol. The van der Waals surface area contributed by atoms with Crippen molar-refractivity contribution in [2.45, 2.75) is 25.3 Å². The maximum absolute atomic E-state index is 11.2. The Hall–Kier alpha value is -1.55. The minimum absolute atomic E-state index is 0.127. The third-order valence-electron chi connectivity index (χ3n) is 3.51. The Morgan fingerprint density at radius 2 is 2.21 bits per heavy atom. The quantitative estimate of drug-likeness (QED) is 0.825. The van der Waals surface area contributed by atoms with Crippen LogP contribution in [0.5, 0.6) is 0 Å². The van der Waals surface area contributed by atoms with Crippen molar-refractivity contribution in [2.75, 3.05) is 32.1 Å². The van der Waals surface area contributed by atoms with E-state index in [1.165, 1.54) is 25.6 Å². The zero-order valence-electron chi connectivity index (χ0n) is 11.5. The summed E-state index contributed by atoms with van der Waals surface area (Å²) < 4.78 is 4.68. The van der Waals surface area contributed by atoms with E-state index in [1.54, 1.807) is 0 Å². The van der Waals surface area contributed by atoms with Crippen molar-refractivity contribution >= 4 is 11.7 Å². The summed E-state index contributed by atoms with van der Waals surface area (Å²) in [5.74, 6) is -0.127. The van der Waals surface area contributed by atoms with Gasteiger partial charge in [0.25, 0.3) is 0 Å². The summed E-state index contributed by atoms with van der Waals surface area (Å²) in [6.07, 6.45) is 2.84. The number of rotatable bonds is 5. The molecule has 0 unspecified atom stereocenters. The van der Waals surface area contributed by atoms with E-state index in [2.05, 4.69) is 27.1 Å². The number of hydrogen-bond donors (Lipinski definition) is 1. The van der Waals surface area contributed by atoms with Gasteiger partial charge in [-0.15, -0.1) is 0 Å². The monoisotopic (exact) mass is 262 g/mol. The number of piperidine rings is 1. The van der Waals surface area contributed by atoms with E-state index in [0.717, 1.165) is 19.6 Å². The topological polar surface area (TPSA) is 41.6 Å². The van der Waals surface area contributed by atoms with Gasteiger partial charge in [-0.1, -0.05) is 18.2 Å². The number of likely N-dealkylation sites (tertiary alicyclic amines) is 1. The molecule has 1 heterocycles. The van der Waals surface area contributed by atoms with E-state index in [4.69, 9.17) is 0 Å². The van der Waals surface area contributed by atoms with Crippen LogP contribution in [0.25, 0.3) is 0 Å². The van der Waals surface area contributed by atoms with Crippen LogP contribution in [0.1, 0.15) is 19.3 Å². The molecule has 0 bridgehead atoms. The summed E-state index contributed by atoms with van der Waals surface area (Å²) in [6, 6.07) is 10.8. The van der Waals surface area contributed by atoms with Crippen LogP contribution in [0.3, 0.4) is 0 Å². The number of carbonyl (C=O) groups is 1. The fourth-order valence-electron chi connectivity index (χ4n) is 2.50. The number of carbonyl (C=O) groups excluding carboxylic acids is 1. The zero-order chi connectivity index (χ0) is 13.5. The van der Waals surface area contributed by atoms with Gasteiger partial charge in [0.05, 0.1) is 13.5 Å². The van der Waals surface area contributed by atoms with E-state index in [0.29, 0.717) is 12.5 Å². The molecule has 19 heavy (non-hydrogen) atoms. The summed E-state index contributed by atoms with van der Waals surface area (Å²) in [5, 5.41) is 3.55. The first-order valence-electron chi connectivity index (χ1n) is 6.88. The number of para-hydroxylation sites is 1. The van der Waals surface area contributed by atoms with E-state index in [1.807, 2.05) is 18.2 Å². The second-order valence-electron chi connectivity index (χ2n) is 4.98. The molecule has 1 atom stereocenters. The van der Waals surface area contributed by atoms with Crippen LogP contribution in [0.15, 0.2) is 30.3 Å². The molecular formula is C15H22N2O2. The summed E-state index contributed by atoms with van der Waals surface area (Å²) in [6.45, 7) is 2.86. The van der Waals surface area contributed by atoms with Gasteiger partial charge < -0.3 is 15.0 Å². The summed E-state index contributed by atoms with van der Waals surface area (Å²) in [4.78, 5) is 13.5. The Morgan fingerprint density at radius 3 is 2.95 bits per heavy atom. The van der Waals surface area contributed by atoms with Crippen molar-refractivity contribution in [3.63, 3.8) is 0 Å². The molecule has 104 valence electrons. The van der Waals surface area contributed by atoms with Gasteiger partial charge in [-0.3, -0.25) is 4.79 Å². The molecule has 1 saturated heterocycles. The first-order chi connectivity index (χ1) is 9.28. The second-order valence-corrected chi connectivity index (χ2v) is 4.98. The molecule has 1 aliphatic rings. The van der Waals surface area contributed by atoms with Gasteiger partial charge in [-0.25, -0.2) is 0 Å². The lowest BCUT2D eigenvalue weighted by Gasteiger charge is -2.33. The molecule has 1 fully saturated rings. The average Bonchev–Trinajstić information content (AvgIpc) is 2.46. The SMILES string of the molecule is COC(=O)CCN1CCC[C@@H](Nc2ccccc2)C1. The molecule has 1 aliphatic heterocycles. The van der Waals surface area contributed by atoms with Gasteiger partial charge >= 0.3 is 5.97 Å². The number of nitrogens with one attached hydrogen (secondary N) is 1. The van der Waals surface area contributed by atoms with Gasteiger partial charge in [-0.2, -0.15) is 0 Å². The largest absolute Gasteiger partial charge is 0.469 e. The van der Waals surface area contributed by atoms with Crippen LogP contribution in [0, 0.1) is 0 Å². The molecule has 4 heteroatoms. The zero-order valence-corrected chi connectivity index (χ0v) is 11.5. The van der Waals surface area contributed by atoms with Crippen molar-refractivity contribution < 1.29 is 9.53 Å². The highest BCUT2D eigenvalue weighted by atomic mass is 16.5. The van der Waals surface area contributed by atoms with Gasteiger partial charge in [-0.05, 0) is 31.5 Å². The fourth-order valence-corrected chi connectivity index (χ4v) is 2.50. The van der Waals surface area contributed by atoms with Crippen molar-refractivity contribution in [2.24, 2.45) is 0 Å². The first-order valence-corrected chi connectivity index (χ1v) is 6.88. The Bertz CT molecular complexity index is 394. The third kappa shape index (κ3) is 4.56. The third-order valence-corrected chi connectivity index (χ3v) is 3.51. The Labute approximate surface area is 114 Å². The average molecular weight is 262 g/mol. The molecule has 0 aliphatic carbocycles. The number of anilines is 1. The molecule has 1 aromatic rings. The van der Waals surface area contributed by atoms with Crippen molar-refractivity contribution in [3.8, 4) is 0 Å². The molecule has 0 saturated carbocycles. The van der Waals surface area contributed by atoms with Gasteiger partial charge in [0.2, 0.25) is 0 Å². The highest BCUT2D eigenvalue weighted by molar-refractivity contribution is 5.69. The summed E-state index contributed by atoms with van der Waals surface area (Å²) in [5.41, 5.74) is 1.17. The number of benzene rings is 1. The number of ether oxygens (including phenoxy) is 1. The van der Waals surface area contributed by atoms with E-state index in [9.17, 15) is 4.79 Å². The highest BCUT2D eigenvalue weighted by Gasteiger charge is 2.20. The van der Waals surface area contributed by atoms with Crippen LogP contribution in [0.2, 0.25) is 0 Å². The molecule has 0 radical (unpaired) electrons. The summed E-state index contributed by atoms with van der Waals surface area (Å²) in [7, 11) is 1.44. The van der Waals surface area contributed by atoms with Crippen molar-refractivity contribution in [1.82, 2.24) is 4.90 Å². The normalized spacial score (nSPS) is 19.9. The standard InChI is InChI=1S/C15H22N2O2/c1-19-15(18)9-11-17-10-5-8-14(12-17)16-13-6-3-2-4-7-13/h2-4,6-7,14,16H,5,8-12H2,1H3/t14-/m1/s1. The molecule has 0 spiro atoms. The van der Waals surface area contributed by atoms with E-state index >= 15 is 0 Å². The lowest BCUT2D eigenvalue weighted by Crippen LogP contribution is -2.42. The number of nitrogens with zero attached hydrogens (tertiary/aromatic N) is 1. The van der Waals surface area contributed by atoms with Crippen LogP contribution in [-0.4, -0.2) is 43.7 Å². The van der Waals surface area contributed by atoms with Crippen LogP contribution >= 0.6 is 0 Å². The molecule has 0 amide bonds. The number of esters is 1. The van der Waals surface area contributed by atoms with Crippen LogP contribution in [-0.2, 0) is 9.53 Å². The number of hydrogen-bond acceptors (Lipinski definition) is 4. The maximum atomic E-state index is 11.2. The van der Waals surface area contributed by atoms with Gasteiger partial charge in [0, 0.05) is 24.8 Å². The maximum Gasteiger partial charge on any atom is 0.306 e. The molecule has 2 rings (SSSR count). The highest BCUT2D eigenvalue weighted by Crippen LogP contribution is 2.16. The van der Waals surface area contributed by atoms with Gasteiger partial charge in [0.15, 0.2) is 0 Å². The van der Waals surface area contributed by atoms with Crippen LogP contribution < -0.4 is 5.32 Å². The fraction of sp³-hybridized carbons (Fsp3) is 0.533. The predicted octanol–water partition coefficient (Wildman–Crippen LogP) is 2.13. The Kier molecular flexibility index (Phi) is 5.21. The molecule has 4 nitrogen and oxygen atoms in total. The van der Waals surface area contributed by atoms with Gasteiger partial charge in [0.1, 0.15) is 0 Å². The van der Waals surface area contributed by atoms with Crippen LogP contribution in [0.4, 0.5) is 5.69 Å². The predicted molar refractivity (Wildman–Crippen MR) is 76.2 cm³/mol. The first kappa shape index (κ1) is 13.9. The minimum atomic E-state index is -0.127. The molecule has 1 N–H and O–H groups in total. The smallest absolute Gasteiger partial charge is 0.306 e. The van der Waals surface area contributed by atoms with Crippen molar-refractivity contribution in [1.29, 1.82) is 0 Å². The van der Waals surface area contributed by atoms with E-state index in [-0.39, 0.29) is 5.97 Å². The lowest BCUT2D eigenvalue weighted by molar-refractivity contribution is -0.141. The lowest BCUT2D eigenvalue weighted by atomic mass is 10.1. The molecule has 1 aromatic carbocycles. The Morgan fingerprint density at radius 1 is 1.42 bits per heavy atom. The van der Waals surface area contributed by atoms with E-state index < -0.39 is 0 Å². The van der Waals surface area contributed by atoms with Crippen molar-refractivity contribution in [3.05, 3.63) is 30.3 Å². The molecule has 0 aromatic heterocycles. The summed E-state index contributed by atoms with van der Waals surface area (Å²) >= 11 is 0. The Balaban J connectivity index is 1.79. The minimum Gasteiger partial charge on any atom is -0.469 e. The number of methoxy groups -OCH3 is 1.